The van der Waals surface area contributed by atoms with Crippen LogP contribution in [0.25, 0.3) is 0 Å². The summed E-state index contributed by atoms with van der Waals surface area (Å²) in [5, 5.41) is 0. The molecule has 9 heavy (non-hydrogen) atoms. The highest BCUT2D eigenvalue weighted by atomic mass is 16.9. The summed E-state index contributed by atoms with van der Waals surface area (Å²) in [5.74, 6) is -0.792. The molecular weight excluding hydrogens is 120 g/mol. The quantitative estimate of drug-likeness (QED) is 0.526. The zero-order valence-electron chi connectivity index (χ0n) is 6.01. The van der Waals surface area contributed by atoms with Gasteiger partial charge in [-0.3, -0.25) is 0 Å². The Bertz CT molecular complexity index is 104. The van der Waals surface area contributed by atoms with Crippen molar-refractivity contribution in [3.05, 3.63) is 0 Å². The summed E-state index contributed by atoms with van der Waals surface area (Å²) in [4.78, 5) is 0. The largest absolute Gasteiger partial charge is 0.331 e. The lowest BCUT2D eigenvalue weighted by Gasteiger charge is -2.19. The summed E-state index contributed by atoms with van der Waals surface area (Å²) in [6.07, 6.45) is 0.148. The first kappa shape index (κ1) is 6.99. The summed E-state index contributed by atoms with van der Waals surface area (Å²) in [5.41, 5.74) is 0. The molecule has 2 atom stereocenters. The van der Waals surface area contributed by atoms with Crippen LogP contribution in [0.1, 0.15) is 13.8 Å². The van der Waals surface area contributed by atoms with E-state index in [0.717, 1.165) is 0 Å². The molecule has 2 unspecified atom stereocenters. The van der Waals surface area contributed by atoms with Gasteiger partial charge in [0.05, 0.1) is 12.7 Å². The first-order chi connectivity index (χ1) is 4.16. The molecule has 0 bridgehead atoms. The second-order valence-corrected chi connectivity index (χ2v) is 2.31. The maximum absolute atomic E-state index is 5.25. The Labute approximate surface area is 54.9 Å². The maximum Gasteiger partial charge on any atom is 0.280 e. The molecule has 0 aromatic carbocycles. The van der Waals surface area contributed by atoms with Crippen molar-refractivity contribution in [3.8, 4) is 0 Å². The zero-order valence-corrected chi connectivity index (χ0v) is 6.01. The van der Waals surface area contributed by atoms with Crippen LogP contribution >= 0.6 is 0 Å². The van der Waals surface area contributed by atoms with Crippen molar-refractivity contribution < 1.29 is 14.2 Å². The van der Waals surface area contributed by atoms with Crippen LogP contribution in [0.2, 0.25) is 0 Å². The third-order valence-corrected chi connectivity index (χ3v) is 1.37. The van der Waals surface area contributed by atoms with Crippen LogP contribution in [-0.4, -0.2) is 25.8 Å². The minimum absolute atomic E-state index is 0.148. The molecule has 1 aliphatic rings. The van der Waals surface area contributed by atoms with E-state index in [0.29, 0.717) is 6.61 Å². The lowest BCUT2D eigenvalue weighted by Crippen LogP contribution is -2.28. The molecule has 0 aromatic heterocycles. The second kappa shape index (κ2) is 2.25. The van der Waals surface area contributed by atoms with Crippen LogP contribution < -0.4 is 0 Å². The third-order valence-electron chi connectivity index (χ3n) is 1.37. The monoisotopic (exact) mass is 132 g/mol. The Kier molecular flexibility index (Phi) is 1.75. The van der Waals surface area contributed by atoms with E-state index in [4.69, 9.17) is 14.2 Å². The van der Waals surface area contributed by atoms with E-state index in [1.165, 1.54) is 0 Å². The molecule has 3 nitrogen and oxygen atoms in total. The number of ether oxygens (including phenoxy) is 3. The molecule has 0 amide bonds. The van der Waals surface area contributed by atoms with Crippen molar-refractivity contribution in [3.63, 3.8) is 0 Å². The minimum atomic E-state index is -0.792. The van der Waals surface area contributed by atoms with Crippen molar-refractivity contribution in [2.45, 2.75) is 25.9 Å². The van der Waals surface area contributed by atoms with Crippen LogP contribution in [0.5, 0.6) is 0 Å². The SMILES string of the molecule is COC1(C)OCC(C)O1. The predicted molar refractivity (Wildman–Crippen MR) is 31.9 cm³/mol. The highest BCUT2D eigenvalue weighted by Crippen LogP contribution is 2.22. The number of hydrogen-bond acceptors (Lipinski definition) is 3. The van der Waals surface area contributed by atoms with E-state index in [2.05, 4.69) is 0 Å². The van der Waals surface area contributed by atoms with Crippen molar-refractivity contribution >= 4 is 0 Å². The summed E-state index contributed by atoms with van der Waals surface area (Å²) in [7, 11) is 1.57. The fourth-order valence-corrected chi connectivity index (χ4v) is 0.809. The van der Waals surface area contributed by atoms with Gasteiger partial charge in [0.25, 0.3) is 5.97 Å². The van der Waals surface area contributed by atoms with Gasteiger partial charge >= 0.3 is 0 Å². The molecule has 1 aliphatic heterocycles. The summed E-state index contributed by atoms with van der Waals surface area (Å²) in [6, 6.07) is 0. The molecule has 0 radical (unpaired) electrons. The highest BCUT2D eigenvalue weighted by Gasteiger charge is 2.34. The van der Waals surface area contributed by atoms with E-state index in [9.17, 15) is 0 Å². The van der Waals surface area contributed by atoms with Gasteiger partial charge in [-0.1, -0.05) is 0 Å². The number of hydrogen-bond donors (Lipinski definition) is 0. The standard InChI is InChI=1S/C6H12O3/c1-5-4-8-6(2,7-3)9-5/h5H,4H2,1-3H3. The van der Waals surface area contributed by atoms with Gasteiger partial charge in [-0.15, -0.1) is 0 Å². The van der Waals surface area contributed by atoms with Gasteiger partial charge in [0.1, 0.15) is 0 Å². The highest BCUT2D eigenvalue weighted by molar-refractivity contribution is 4.61. The number of rotatable bonds is 1. The lowest BCUT2D eigenvalue weighted by atomic mass is 10.5. The van der Waals surface area contributed by atoms with Crippen LogP contribution in [0.3, 0.4) is 0 Å². The van der Waals surface area contributed by atoms with Gasteiger partial charge in [-0.25, -0.2) is 0 Å². The summed E-state index contributed by atoms with van der Waals surface area (Å²) < 4.78 is 15.3. The average Bonchev–Trinajstić information content (AvgIpc) is 2.13. The molecule has 1 rings (SSSR count). The Balaban J connectivity index is 2.45. The lowest BCUT2D eigenvalue weighted by molar-refractivity contribution is -0.312. The van der Waals surface area contributed by atoms with Crippen LogP contribution in [-0.2, 0) is 14.2 Å². The molecular formula is C6H12O3. The minimum Gasteiger partial charge on any atom is -0.331 e. The maximum atomic E-state index is 5.25. The van der Waals surface area contributed by atoms with Gasteiger partial charge < -0.3 is 14.2 Å². The molecule has 1 heterocycles. The number of methoxy groups -OCH3 is 1. The van der Waals surface area contributed by atoms with Gasteiger partial charge in [-0.05, 0) is 6.92 Å². The predicted octanol–water partition coefficient (Wildman–Crippen LogP) is 0.742. The van der Waals surface area contributed by atoms with E-state index < -0.39 is 5.97 Å². The summed E-state index contributed by atoms with van der Waals surface area (Å²) >= 11 is 0. The second-order valence-electron chi connectivity index (χ2n) is 2.31. The molecule has 0 aromatic rings. The van der Waals surface area contributed by atoms with Crippen molar-refractivity contribution in [1.29, 1.82) is 0 Å². The normalized spacial score (nSPS) is 43.7. The van der Waals surface area contributed by atoms with Crippen molar-refractivity contribution in [1.82, 2.24) is 0 Å². The Hall–Kier alpha value is -0.120. The molecule has 0 aliphatic carbocycles. The molecule has 1 saturated heterocycles. The topological polar surface area (TPSA) is 27.7 Å². The fourth-order valence-electron chi connectivity index (χ4n) is 0.809. The van der Waals surface area contributed by atoms with Gasteiger partial charge in [0.15, 0.2) is 0 Å². The molecule has 0 spiro atoms. The fraction of sp³-hybridized carbons (Fsp3) is 1.00. The van der Waals surface area contributed by atoms with Gasteiger partial charge in [-0.2, -0.15) is 0 Å². The Morgan fingerprint density at radius 1 is 1.67 bits per heavy atom. The average molecular weight is 132 g/mol. The van der Waals surface area contributed by atoms with E-state index in [-0.39, 0.29) is 6.10 Å². The first-order valence-corrected chi connectivity index (χ1v) is 3.03. The van der Waals surface area contributed by atoms with Crippen LogP contribution in [0.15, 0.2) is 0 Å². The van der Waals surface area contributed by atoms with E-state index in [1.54, 1.807) is 14.0 Å². The smallest absolute Gasteiger partial charge is 0.280 e. The van der Waals surface area contributed by atoms with E-state index in [1.807, 2.05) is 6.92 Å². The van der Waals surface area contributed by atoms with Gasteiger partial charge in [0.2, 0.25) is 0 Å². The molecule has 1 fully saturated rings. The first-order valence-electron chi connectivity index (χ1n) is 3.03. The third kappa shape index (κ3) is 1.41. The van der Waals surface area contributed by atoms with Crippen LogP contribution in [0, 0.1) is 0 Å². The molecule has 0 saturated carbocycles. The molecule has 3 heteroatoms. The Morgan fingerprint density at radius 2 is 2.33 bits per heavy atom. The van der Waals surface area contributed by atoms with Crippen molar-refractivity contribution in [2.24, 2.45) is 0 Å². The van der Waals surface area contributed by atoms with Crippen LogP contribution in [0.4, 0.5) is 0 Å². The molecule has 54 valence electrons. The zero-order chi connectivity index (χ0) is 6.91. The molecule has 0 N–H and O–H groups in total. The van der Waals surface area contributed by atoms with E-state index >= 15 is 0 Å². The van der Waals surface area contributed by atoms with Crippen molar-refractivity contribution in [2.75, 3.05) is 13.7 Å². The summed E-state index contributed by atoms with van der Waals surface area (Å²) in [6.45, 7) is 4.32. The van der Waals surface area contributed by atoms with Gasteiger partial charge in [0, 0.05) is 14.0 Å². The Morgan fingerprint density at radius 3 is 2.56 bits per heavy atom.